The fraction of sp³-hybridized carbons (Fsp3) is 0.500. The van der Waals surface area contributed by atoms with E-state index in [2.05, 4.69) is 17.2 Å². The molecule has 2 aromatic heterocycles. The van der Waals surface area contributed by atoms with Gasteiger partial charge in [-0.1, -0.05) is 39.0 Å². The van der Waals surface area contributed by atoms with Gasteiger partial charge in [0, 0.05) is 12.7 Å². The molecule has 0 saturated heterocycles. The summed E-state index contributed by atoms with van der Waals surface area (Å²) in [6.45, 7) is 4.52. The summed E-state index contributed by atoms with van der Waals surface area (Å²) in [5.74, 6) is -1.10. The van der Waals surface area contributed by atoms with Crippen molar-refractivity contribution in [2.45, 2.75) is 52.4 Å². The summed E-state index contributed by atoms with van der Waals surface area (Å²) in [4.78, 5) is 28.6. The number of carbonyl (C=O) groups is 1. The fourth-order valence-electron chi connectivity index (χ4n) is 2.62. The second kappa shape index (κ2) is 8.47. The Morgan fingerprint density at radius 3 is 2.71 bits per heavy atom. The number of carbonyl (C=O) groups excluding carboxylic acids is 1. The second-order valence-electron chi connectivity index (χ2n) is 6.07. The highest BCUT2D eigenvalue weighted by Gasteiger charge is 2.19. The average molecular weight is 331 g/mol. The molecule has 0 aromatic carbocycles. The first-order valence-electron chi connectivity index (χ1n) is 8.54. The van der Waals surface area contributed by atoms with Gasteiger partial charge in [0.1, 0.15) is 5.65 Å². The van der Waals surface area contributed by atoms with E-state index < -0.39 is 17.3 Å². The van der Waals surface area contributed by atoms with Gasteiger partial charge >= 0.3 is 0 Å². The number of pyridine rings is 1. The molecular formula is C18H25N3O3. The minimum atomic E-state index is -0.575. The van der Waals surface area contributed by atoms with E-state index in [0.717, 1.165) is 24.8 Å². The summed E-state index contributed by atoms with van der Waals surface area (Å²) in [6, 6.07) is 3.43. The van der Waals surface area contributed by atoms with Gasteiger partial charge < -0.3 is 10.4 Å². The summed E-state index contributed by atoms with van der Waals surface area (Å²) >= 11 is 0. The predicted molar refractivity (Wildman–Crippen MR) is 93.6 cm³/mol. The minimum Gasteiger partial charge on any atom is -0.493 e. The standard InChI is InChI=1S/C18H25N3O3/c1-3-4-5-6-7-8-10-19-16(22)15-17(23)20-14-12-13(2)9-11-21(14)18(15)24/h9,11-12,23H,3-8,10H2,1-2H3,(H,19,22). The van der Waals surface area contributed by atoms with Crippen LogP contribution in [0, 0.1) is 6.92 Å². The van der Waals surface area contributed by atoms with Crippen LogP contribution in [0.5, 0.6) is 5.88 Å². The van der Waals surface area contributed by atoms with Gasteiger partial charge in [0.25, 0.3) is 11.5 Å². The van der Waals surface area contributed by atoms with Gasteiger partial charge in [-0.2, -0.15) is 4.98 Å². The van der Waals surface area contributed by atoms with Gasteiger partial charge in [-0.15, -0.1) is 0 Å². The number of amides is 1. The van der Waals surface area contributed by atoms with Crippen molar-refractivity contribution in [2.75, 3.05) is 6.54 Å². The third kappa shape index (κ3) is 4.34. The van der Waals surface area contributed by atoms with Crippen LogP contribution in [0.4, 0.5) is 0 Å². The van der Waals surface area contributed by atoms with E-state index in [-0.39, 0.29) is 5.56 Å². The summed E-state index contributed by atoms with van der Waals surface area (Å²) in [5.41, 5.74) is 0.381. The van der Waals surface area contributed by atoms with Crippen LogP contribution >= 0.6 is 0 Å². The van der Waals surface area contributed by atoms with E-state index in [0.29, 0.717) is 12.2 Å². The Balaban J connectivity index is 2.02. The Kier molecular flexibility index (Phi) is 6.35. The highest BCUT2D eigenvalue weighted by molar-refractivity contribution is 5.96. The molecule has 2 heterocycles. The van der Waals surface area contributed by atoms with Crippen LogP contribution in [0.15, 0.2) is 23.1 Å². The van der Waals surface area contributed by atoms with Crippen molar-refractivity contribution in [1.82, 2.24) is 14.7 Å². The van der Waals surface area contributed by atoms with Crippen molar-refractivity contribution >= 4 is 11.6 Å². The molecule has 0 bridgehead atoms. The maximum atomic E-state index is 12.4. The van der Waals surface area contributed by atoms with E-state index in [1.807, 2.05) is 6.92 Å². The van der Waals surface area contributed by atoms with E-state index in [1.165, 1.54) is 23.7 Å². The fourth-order valence-corrected chi connectivity index (χ4v) is 2.62. The normalized spacial score (nSPS) is 10.9. The van der Waals surface area contributed by atoms with Crippen molar-refractivity contribution < 1.29 is 9.90 Å². The number of unbranched alkanes of at least 4 members (excludes halogenated alkanes) is 5. The Morgan fingerprint density at radius 1 is 1.25 bits per heavy atom. The number of nitrogens with zero attached hydrogens (tertiary/aromatic N) is 2. The van der Waals surface area contributed by atoms with Crippen molar-refractivity contribution in [1.29, 1.82) is 0 Å². The highest BCUT2D eigenvalue weighted by Crippen LogP contribution is 2.12. The molecule has 1 amide bonds. The van der Waals surface area contributed by atoms with Gasteiger partial charge in [0.2, 0.25) is 5.88 Å². The van der Waals surface area contributed by atoms with Crippen molar-refractivity contribution in [2.24, 2.45) is 0 Å². The molecule has 0 aliphatic carbocycles. The third-order valence-electron chi connectivity index (χ3n) is 4.01. The third-order valence-corrected chi connectivity index (χ3v) is 4.01. The topological polar surface area (TPSA) is 83.7 Å². The Morgan fingerprint density at radius 2 is 1.96 bits per heavy atom. The first-order chi connectivity index (χ1) is 11.5. The summed E-state index contributed by atoms with van der Waals surface area (Å²) in [7, 11) is 0. The van der Waals surface area contributed by atoms with Crippen LogP contribution in [0.25, 0.3) is 5.65 Å². The second-order valence-corrected chi connectivity index (χ2v) is 6.07. The molecule has 0 atom stereocenters. The maximum absolute atomic E-state index is 12.4. The summed E-state index contributed by atoms with van der Waals surface area (Å²) in [5, 5.41) is 12.7. The lowest BCUT2D eigenvalue weighted by Crippen LogP contribution is -2.32. The van der Waals surface area contributed by atoms with Crippen LogP contribution < -0.4 is 10.9 Å². The zero-order valence-electron chi connectivity index (χ0n) is 14.3. The Labute approximate surface area is 141 Å². The van der Waals surface area contributed by atoms with E-state index >= 15 is 0 Å². The van der Waals surface area contributed by atoms with E-state index in [1.54, 1.807) is 18.3 Å². The molecule has 2 aromatic rings. The number of aryl methyl sites for hydroxylation is 1. The molecule has 0 spiro atoms. The highest BCUT2D eigenvalue weighted by atomic mass is 16.3. The lowest BCUT2D eigenvalue weighted by Gasteiger charge is -2.08. The van der Waals surface area contributed by atoms with Crippen LogP contribution in [0.3, 0.4) is 0 Å². The van der Waals surface area contributed by atoms with Crippen LogP contribution in [0.1, 0.15) is 61.4 Å². The van der Waals surface area contributed by atoms with Crippen LogP contribution in [-0.2, 0) is 0 Å². The number of nitrogens with one attached hydrogen (secondary N) is 1. The first-order valence-corrected chi connectivity index (χ1v) is 8.54. The largest absolute Gasteiger partial charge is 0.493 e. The maximum Gasteiger partial charge on any atom is 0.274 e. The number of aromatic nitrogens is 2. The molecule has 0 aliphatic rings. The van der Waals surface area contributed by atoms with Crippen molar-refractivity contribution in [3.05, 3.63) is 39.8 Å². The van der Waals surface area contributed by atoms with Gasteiger partial charge in [0.15, 0.2) is 5.56 Å². The number of fused-ring (bicyclic) bond motifs is 1. The molecule has 2 N–H and O–H groups in total. The average Bonchev–Trinajstić information content (AvgIpc) is 2.53. The zero-order chi connectivity index (χ0) is 17.5. The van der Waals surface area contributed by atoms with Gasteiger partial charge in [-0.25, -0.2) is 0 Å². The molecule has 6 heteroatoms. The van der Waals surface area contributed by atoms with Crippen molar-refractivity contribution in [3.63, 3.8) is 0 Å². The monoisotopic (exact) mass is 331 g/mol. The van der Waals surface area contributed by atoms with Crippen LogP contribution in [0.2, 0.25) is 0 Å². The number of hydrogen-bond donors (Lipinski definition) is 2. The van der Waals surface area contributed by atoms with Gasteiger partial charge in [-0.3, -0.25) is 14.0 Å². The SMILES string of the molecule is CCCCCCCCNC(=O)c1c(O)nc2cc(C)ccn2c1=O. The van der Waals surface area contributed by atoms with E-state index in [9.17, 15) is 14.7 Å². The van der Waals surface area contributed by atoms with Gasteiger partial charge in [0.05, 0.1) is 0 Å². The quantitative estimate of drug-likeness (QED) is 0.729. The van der Waals surface area contributed by atoms with Crippen molar-refractivity contribution in [3.8, 4) is 5.88 Å². The summed E-state index contributed by atoms with van der Waals surface area (Å²) < 4.78 is 1.27. The predicted octanol–water partition coefficient (Wildman–Crippen LogP) is 2.80. The lowest BCUT2D eigenvalue weighted by atomic mass is 10.1. The smallest absolute Gasteiger partial charge is 0.274 e. The molecule has 0 aliphatic heterocycles. The first kappa shape index (κ1) is 18.0. The lowest BCUT2D eigenvalue weighted by molar-refractivity contribution is 0.0947. The molecular weight excluding hydrogens is 306 g/mol. The molecule has 2 rings (SSSR count). The summed E-state index contributed by atoms with van der Waals surface area (Å²) in [6.07, 6.45) is 8.25. The number of hydrogen-bond acceptors (Lipinski definition) is 4. The molecule has 0 saturated carbocycles. The number of rotatable bonds is 8. The molecule has 0 radical (unpaired) electrons. The number of aromatic hydroxyl groups is 1. The molecule has 130 valence electrons. The molecule has 0 unspecified atom stereocenters. The minimum absolute atomic E-state index is 0.303. The zero-order valence-corrected chi connectivity index (χ0v) is 14.3. The Hall–Kier alpha value is -2.37. The molecule has 24 heavy (non-hydrogen) atoms. The van der Waals surface area contributed by atoms with E-state index in [4.69, 9.17) is 0 Å². The Bertz CT molecular complexity index is 768. The molecule has 0 fully saturated rings. The van der Waals surface area contributed by atoms with Crippen LogP contribution in [-0.4, -0.2) is 26.9 Å². The van der Waals surface area contributed by atoms with Gasteiger partial charge in [-0.05, 0) is 31.0 Å². The molecule has 6 nitrogen and oxygen atoms in total.